The quantitative estimate of drug-likeness (QED) is 0.775. The summed E-state index contributed by atoms with van der Waals surface area (Å²) in [6.45, 7) is 5.76. The largest absolute Gasteiger partial charge is 0.387 e. The van der Waals surface area contributed by atoms with Crippen LogP contribution >= 0.6 is 11.3 Å². The van der Waals surface area contributed by atoms with Gasteiger partial charge in [0, 0.05) is 9.58 Å². The number of benzene rings is 1. The third-order valence-corrected chi connectivity index (χ3v) is 3.53. The Morgan fingerprint density at radius 1 is 1.47 bits per heavy atom. The molecule has 0 spiro atoms. The molecule has 0 saturated carbocycles. The molecule has 1 unspecified atom stereocenters. The molecule has 0 aliphatic rings. The number of thiophene rings is 1. The zero-order valence-corrected chi connectivity index (χ0v) is 9.55. The molecule has 0 aliphatic heterocycles. The van der Waals surface area contributed by atoms with Crippen molar-refractivity contribution in [1.82, 2.24) is 0 Å². The summed E-state index contributed by atoms with van der Waals surface area (Å²) < 4.78 is 1.23. The first-order valence-corrected chi connectivity index (χ1v) is 5.79. The van der Waals surface area contributed by atoms with Crippen LogP contribution in [0.15, 0.2) is 42.5 Å². The van der Waals surface area contributed by atoms with Gasteiger partial charge < -0.3 is 5.11 Å². The molecule has 0 fully saturated rings. The van der Waals surface area contributed by atoms with Gasteiger partial charge in [-0.1, -0.05) is 23.8 Å². The minimum absolute atomic E-state index is 0.403. The van der Waals surface area contributed by atoms with Gasteiger partial charge in [0.05, 0.1) is 6.10 Å². The first kappa shape index (κ1) is 10.4. The maximum atomic E-state index is 9.94. The molecular weight excluding hydrogens is 204 g/mol. The highest BCUT2D eigenvalue weighted by Gasteiger charge is 2.10. The topological polar surface area (TPSA) is 20.2 Å². The van der Waals surface area contributed by atoms with E-state index >= 15 is 0 Å². The Morgan fingerprint density at radius 2 is 2.20 bits per heavy atom. The van der Waals surface area contributed by atoms with Crippen LogP contribution in [0.3, 0.4) is 0 Å². The Balaban J connectivity index is 2.32. The molecule has 15 heavy (non-hydrogen) atoms. The minimum atomic E-state index is -0.403. The summed E-state index contributed by atoms with van der Waals surface area (Å²) >= 11 is 1.66. The molecule has 0 bridgehead atoms. The molecule has 2 heteroatoms. The van der Waals surface area contributed by atoms with E-state index in [0.29, 0.717) is 6.42 Å². The second kappa shape index (κ2) is 4.17. The van der Waals surface area contributed by atoms with Gasteiger partial charge in [0.1, 0.15) is 0 Å². The number of hydrogen-bond donors (Lipinski definition) is 1. The van der Waals surface area contributed by atoms with Crippen LogP contribution in [0.5, 0.6) is 0 Å². The molecule has 1 atom stereocenters. The number of aliphatic hydroxyl groups excluding tert-OH is 1. The van der Waals surface area contributed by atoms with Crippen LogP contribution in [-0.4, -0.2) is 5.11 Å². The van der Waals surface area contributed by atoms with Crippen molar-refractivity contribution in [3.63, 3.8) is 0 Å². The SMILES string of the molecule is C=C(C)CC(O)c1cc2ccccc2s1. The summed E-state index contributed by atoms with van der Waals surface area (Å²) in [4.78, 5) is 1.03. The Labute approximate surface area is 93.7 Å². The van der Waals surface area contributed by atoms with Crippen molar-refractivity contribution in [2.75, 3.05) is 0 Å². The highest BCUT2D eigenvalue weighted by Crippen LogP contribution is 2.32. The Bertz CT molecular complexity index is 451. The summed E-state index contributed by atoms with van der Waals surface area (Å²) in [5.41, 5.74) is 1.01. The first-order chi connectivity index (χ1) is 7.16. The lowest BCUT2D eigenvalue weighted by Crippen LogP contribution is -1.93. The highest BCUT2D eigenvalue weighted by atomic mass is 32.1. The third kappa shape index (κ3) is 2.28. The standard InChI is InChI=1S/C13H14OS/c1-9(2)7-11(14)13-8-10-5-3-4-6-12(10)15-13/h3-6,8,11,14H,1,7H2,2H3. The van der Waals surface area contributed by atoms with Gasteiger partial charge in [-0.15, -0.1) is 17.9 Å². The number of hydrogen-bond acceptors (Lipinski definition) is 2. The Hall–Kier alpha value is -1.12. The van der Waals surface area contributed by atoms with E-state index < -0.39 is 6.10 Å². The van der Waals surface area contributed by atoms with Gasteiger partial charge in [-0.05, 0) is 30.9 Å². The molecule has 2 rings (SSSR count). The van der Waals surface area contributed by atoms with Crippen LogP contribution < -0.4 is 0 Å². The predicted octanol–water partition coefficient (Wildman–Crippen LogP) is 3.90. The van der Waals surface area contributed by atoms with Gasteiger partial charge in [0.25, 0.3) is 0 Å². The zero-order valence-electron chi connectivity index (χ0n) is 8.73. The first-order valence-electron chi connectivity index (χ1n) is 4.98. The molecule has 1 nitrogen and oxygen atoms in total. The van der Waals surface area contributed by atoms with Crippen molar-refractivity contribution in [3.05, 3.63) is 47.4 Å². The van der Waals surface area contributed by atoms with Gasteiger partial charge in [-0.2, -0.15) is 0 Å². The van der Waals surface area contributed by atoms with Crippen LogP contribution in [0.1, 0.15) is 24.3 Å². The van der Waals surface area contributed by atoms with E-state index in [1.807, 2.05) is 19.1 Å². The number of fused-ring (bicyclic) bond motifs is 1. The Morgan fingerprint density at radius 3 is 2.87 bits per heavy atom. The lowest BCUT2D eigenvalue weighted by molar-refractivity contribution is 0.182. The van der Waals surface area contributed by atoms with Gasteiger partial charge in [-0.25, -0.2) is 0 Å². The van der Waals surface area contributed by atoms with Gasteiger partial charge in [-0.3, -0.25) is 0 Å². The molecule has 0 aliphatic carbocycles. The van der Waals surface area contributed by atoms with Crippen molar-refractivity contribution < 1.29 is 5.11 Å². The van der Waals surface area contributed by atoms with Crippen molar-refractivity contribution >= 4 is 21.4 Å². The normalized spacial score (nSPS) is 12.9. The second-order valence-corrected chi connectivity index (χ2v) is 4.98. The molecule has 0 amide bonds. The van der Waals surface area contributed by atoms with Crippen LogP contribution in [0.2, 0.25) is 0 Å². The third-order valence-electron chi connectivity index (χ3n) is 2.31. The van der Waals surface area contributed by atoms with Gasteiger partial charge >= 0.3 is 0 Å². The van der Waals surface area contributed by atoms with Crippen molar-refractivity contribution in [3.8, 4) is 0 Å². The average Bonchev–Trinajstić information content (AvgIpc) is 2.59. The van der Waals surface area contributed by atoms with E-state index in [1.165, 1.54) is 10.1 Å². The van der Waals surface area contributed by atoms with Crippen molar-refractivity contribution in [2.24, 2.45) is 0 Å². The summed E-state index contributed by atoms with van der Waals surface area (Å²) in [6.07, 6.45) is 0.243. The maximum Gasteiger partial charge on any atom is 0.0919 e. The fraction of sp³-hybridized carbons (Fsp3) is 0.231. The minimum Gasteiger partial charge on any atom is -0.387 e. The molecule has 1 N–H and O–H groups in total. The van der Waals surface area contributed by atoms with E-state index in [4.69, 9.17) is 0 Å². The molecule has 2 aromatic rings. The van der Waals surface area contributed by atoms with Crippen LogP contribution in [0, 0.1) is 0 Å². The highest BCUT2D eigenvalue weighted by molar-refractivity contribution is 7.19. The molecule has 1 heterocycles. The van der Waals surface area contributed by atoms with Gasteiger partial charge in [0.15, 0.2) is 0 Å². The van der Waals surface area contributed by atoms with Crippen LogP contribution in [-0.2, 0) is 0 Å². The molecular formula is C13H14OS. The molecule has 1 aromatic heterocycles. The van der Waals surface area contributed by atoms with Crippen molar-refractivity contribution in [1.29, 1.82) is 0 Å². The summed E-state index contributed by atoms with van der Waals surface area (Å²) in [5.74, 6) is 0. The monoisotopic (exact) mass is 218 g/mol. The van der Waals surface area contributed by atoms with E-state index in [1.54, 1.807) is 11.3 Å². The number of rotatable bonds is 3. The summed E-state index contributed by atoms with van der Waals surface area (Å²) in [7, 11) is 0. The van der Waals surface area contributed by atoms with Crippen LogP contribution in [0.4, 0.5) is 0 Å². The molecule has 1 aromatic carbocycles. The van der Waals surface area contributed by atoms with Gasteiger partial charge in [0.2, 0.25) is 0 Å². The smallest absolute Gasteiger partial charge is 0.0919 e. The summed E-state index contributed by atoms with van der Waals surface area (Å²) in [6, 6.07) is 10.3. The predicted molar refractivity (Wildman–Crippen MR) is 66.2 cm³/mol. The molecule has 78 valence electrons. The van der Waals surface area contributed by atoms with E-state index in [0.717, 1.165) is 10.5 Å². The molecule has 0 saturated heterocycles. The number of aliphatic hydroxyl groups is 1. The molecule has 0 radical (unpaired) electrons. The fourth-order valence-corrected chi connectivity index (χ4v) is 2.65. The summed E-state index contributed by atoms with van der Waals surface area (Å²) in [5, 5.41) is 11.1. The van der Waals surface area contributed by atoms with E-state index in [2.05, 4.69) is 24.8 Å². The zero-order chi connectivity index (χ0) is 10.8. The fourth-order valence-electron chi connectivity index (χ4n) is 1.60. The average molecular weight is 218 g/mol. The van der Waals surface area contributed by atoms with Crippen LogP contribution in [0.25, 0.3) is 10.1 Å². The Kier molecular flexibility index (Phi) is 2.89. The second-order valence-electron chi connectivity index (χ2n) is 3.86. The van der Waals surface area contributed by atoms with E-state index in [-0.39, 0.29) is 0 Å². The maximum absolute atomic E-state index is 9.94. The van der Waals surface area contributed by atoms with E-state index in [9.17, 15) is 5.11 Å². The van der Waals surface area contributed by atoms with Crippen molar-refractivity contribution in [2.45, 2.75) is 19.4 Å². The lowest BCUT2D eigenvalue weighted by Gasteiger charge is -2.06. The lowest BCUT2D eigenvalue weighted by atomic mass is 10.1.